The molecule has 2 rings (SSSR count). The molecular weight excluding hydrogens is 442 g/mol. The first-order valence-corrected chi connectivity index (χ1v) is 16.2. The van der Waals surface area contributed by atoms with Crippen molar-refractivity contribution in [2.75, 3.05) is 26.6 Å². The summed E-state index contributed by atoms with van der Waals surface area (Å²) in [6.45, 7) is 18.4. The van der Waals surface area contributed by atoms with Crippen molar-refractivity contribution in [3.63, 3.8) is 0 Å². The van der Waals surface area contributed by atoms with E-state index in [1.807, 2.05) is 63.2 Å². The molecule has 6 nitrogen and oxygen atoms in total. The SMILES string of the molecule is CC(C)C(C(=O)O)c1ccc(C2(N(COCC[Si](C)(C)C)[S+]([O-])C(C)(C)C)COC2)cc1. The highest BCUT2D eigenvalue weighted by atomic mass is 32.2. The zero-order valence-electron chi connectivity index (χ0n) is 20.9. The maximum atomic E-state index is 13.6. The van der Waals surface area contributed by atoms with E-state index in [1.54, 1.807) is 0 Å². The number of hydrogen-bond donors (Lipinski definition) is 1. The van der Waals surface area contributed by atoms with E-state index in [2.05, 4.69) is 19.6 Å². The maximum absolute atomic E-state index is 13.6. The summed E-state index contributed by atoms with van der Waals surface area (Å²) in [5.74, 6) is -1.38. The molecule has 1 aliphatic rings. The van der Waals surface area contributed by atoms with E-state index in [0.717, 1.165) is 17.2 Å². The minimum atomic E-state index is -1.30. The molecule has 1 heterocycles. The van der Waals surface area contributed by atoms with Crippen molar-refractivity contribution in [1.29, 1.82) is 0 Å². The van der Waals surface area contributed by atoms with Gasteiger partial charge in [-0.05, 0) is 43.9 Å². The first kappa shape index (κ1) is 27.3. The van der Waals surface area contributed by atoms with Crippen molar-refractivity contribution >= 4 is 25.4 Å². The molecule has 32 heavy (non-hydrogen) atoms. The lowest BCUT2D eigenvalue weighted by molar-refractivity contribution is -0.140. The summed E-state index contributed by atoms with van der Waals surface area (Å²) >= 11 is -1.30. The van der Waals surface area contributed by atoms with Gasteiger partial charge in [0.05, 0.1) is 19.1 Å². The van der Waals surface area contributed by atoms with Crippen LogP contribution in [0.1, 0.15) is 51.7 Å². The monoisotopic (exact) mass is 483 g/mol. The van der Waals surface area contributed by atoms with Crippen LogP contribution in [0.5, 0.6) is 0 Å². The van der Waals surface area contributed by atoms with Crippen LogP contribution in [-0.4, -0.2) is 59.3 Å². The van der Waals surface area contributed by atoms with Crippen molar-refractivity contribution in [1.82, 2.24) is 4.31 Å². The van der Waals surface area contributed by atoms with Gasteiger partial charge in [-0.1, -0.05) is 62.1 Å². The Morgan fingerprint density at radius 3 is 2.19 bits per heavy atom. The molecule has 0 bridgehead atoms. The van der Waals surface area contributed by atoms with Crippen LogP contribution in [0.3, 0.4) is 0 Å². The third-order valence-corrected chi connectivity index (χ3v) is 9.44. The Morgan fingerprint density at radius 2 is 1.81 bits per heavy atom. The summed E-state index contributed by atoms with van der Waals surface area (Å²) in [7, 11) is -1.23. The van der Waals surface area contributed by atoms with Gasteiger partial charge in [-0.25, -0.2) is 0 Å². The van der Waals surface area contributed by atoms with Crippen molar-refractivity contribution in [3.8, 4) is 0 Å². The number of nitrogens with zero attached hydrogens (tertiary/aromatic N) is 1. The van der Waals surface area contributed by atoms with E-state index >= 15 is 0 Å². The molecule has 1 aromatic rings. The van der Waals surface area contributed by atoms with E-state index in [0.29, 0.717) is 19.8 Å². The lowest BCUT2D eigenvalue weighted by Crippen LogP contribution is -2.64. The highest BCUT2D eigenvalue weighted by molar-refractivity contribution is 7.90. The second-order valence-corrected chi connectivity index (χ2v) is 19.1. The molecule has 0 spiro atoms. The summed E-state index contributed by atoms with van der Waals surface area (Å²) in [5, 5.41) is 9.63. The Morgan fingerprint density at radius 1 is 1.25 bits per heavy atom. The van der Waals surface area contributed by atoms with Crippen LogP contribution in [0.25, 0.3) is 0 Å². The zero-order chi connectivity index (χ0) is 24.3. The quantitative estimate of drug-likeness (QED) is 0.210. The van der Waals surface area contributed by atoms with Gasteiger partial charge < -0.3 is 19.1 Å². The number of ether oxygens (including phenoxy) is 2. The molecule has 0 amide bonds. The van der Waals surface area contributed by atoms with E-state index in [-0.39, 0.29) is 12.6 Å². The molecule has 0 saturated carbocycles. The standard InChI is InChI=1S/C24H41NO5SSi/c1-18(2)21(22(26)27)19-9-11-20(12-10-19)24(15-30-16-24)25(31(28)23(3,4)5)17-29-13-14-32(6,7)8/h9-12,18,21H,13-17H2,1-8H3,(H,26,27). The van der Waals surface area contributed by atoms with Crippen LogP contribution in [0.4, 0.5) is 0 Å². The zero-order valence-corrected chi connectivity index (χ0v) is 22.8. The first-order chi connectivity index (χ1) is 14.7. The molecule has 0 radical (unpaired) electrons. The summed E-state index contributed by atoms with van der Waals surface area (Å²) in [6.07, 6.45) is 0. The van der Waals surface area contributed by atoms with E-state index in [1.165, 1.54) is 0 Å². The van der Waals surface area contributed by atoms with Gasteiger partial charge in [0.15, 0.2) is 0 Å². The number of carboxylic acids is 1. The van der Waals surface area contributed by atoms with Crippen molar-refractivity contribution in [2.45, 2.75) is 76.5 Å². The summed E-state index contributed by atoms with van der Waals surface area (Å²) < 4.78 is 26.7. The van der Waals surface area contributed by atoms with Gasteiger partial charge >= 0.3 is 5.97 Å². The number of rotatable bonds is 11. The largest absolute Gasteiger partial charge is 0.597 e. The molecule has 1 saturated heterocycles. The van der Waals surface area contributed by atoms with E-state index in [9.17, 15) is 14.5 Å². The molecule has 1 aliphatic heterocycles. The maximum Gasteiger partial charge on any atom is 0.311 e. The van der Waals surface area contributed by atoms with E-state index < -0.39 is 41.6 Å². The number of carboxylic acid groups (broad SMARTS) is 1. The molecule has 0 aromatic heterocycles. The third-order valence-electron chi connectivity index (χ3n) is 5.83. The number of hydrogen-bond acceptors (Lipinski definition) is 5. The second-order valence-electron chi connectivity index (χ2n) is 11.3. The minimum Gasteiger partial charge on any atom is -0.597 e. The van der Waals surface area contributed by atoms with Gasteiger partial charge in [0.2, 0.25) is 0 Å². The second kappa shape index (κ2) is 10.6. The Labute approximate surface area is 198 Å². The van der Waals surface area contributed by atoms with Gasteiger partial charge in [0.1, 0.15) is 17.0 Å². The molecule has 182 valence electrons. The lowest BCUT2D eigenvalue weighted by Gasteiger charge is -2.50. The molecule has 1 fully saturated rings. The van der Waals surface area contributed by atoms with Crippen molar-refractivity contribution < 1.29 is 23.9 Å². The summed E-state index contributed by atoms with van der Waals surface area (Å²) in [4.78, 5) is 11.7. The molecule has 2 unspecified atom stereocenters. The number of carbonyl (C=O) groups is 1. The normalized spacial score (nSPS) is 18.5. The Balaban J connectivity index is 2.32. The summed E-state index contributed by atoms with van der Waals surface area (Å²) in [5.41, 5.74) is 1.21. The topological polar surface area (TPSA) is 82.1 Å². The van der Waals surface area contributed by atoms with Gasteiger partial charge in [0.25, 0.3) is 0 Å². The van der Waals surface area contributed by atoms with Crippen LogP contribution >= 0.6 is 0 Å². The molecule has 0 aliphatic carbocycles. The molecule has 1 aromatic carbocycles. The Hall–Kier alpha value is -0.903. The van der Waals surface area contributed by atoms with Crippen LogP contribution < -0.4 is 0 Å². The predicted molar refractivity (Wildman–Crippen MR) is 133 cm³/mol. The van der Waals surface area contributed by atoms with Crippen LogP contribution in [0, 0.1) is 5.92 Å². The lowest BCUT2D eigenvalue weighted by atomic mass is 9.84. The van der Waals surface area contributed by atoms with Gasteiger partial charge in [-0.15, -0.1) is 0 Å². The van der Waals surface area contributed by atoms with Crippen molar-refractivity contribution in [2.24, 2.45) is 5.92 Å². The fourth-order valence-electron chi connectivity index (χ4n) is 3.75. The minimum absolute atomic E-state index is 0.0102. The smallest absolute Gasteiger partial charge is 0.311 e. The first-order valence-electron chi connectivity index (χ1n) is 11.4. The fourth-order valence-corrected chi connectivity index (χ4v) is 5.87. The number of benzene rings is 1. The predicted octanol–water partition coefficient (Wildman–Crippen LogP) is 4.81. The van der Waals surface area contributed by atoms with Crippen LogP contribution in [0.15, 0.2) is 24.3 Å². The van der Waals surface area contributed by atoms with Crippen LogP contribution in [-0.2, 0) is 31.2 Å². The Bertz CT molecular complexity index is 753. The average molecular weight is 484 g/mol. The number of aliphatic carboxylic acids is 1. The van der Waals surface area contributed by atoms with Crippen LogP contribution in [0.2, 0.25) is 25.7 Å². The molecule has 8 heteroatoms. The summed E-state index contributed by atoms with van der Waals surface area (Å²) in [6, 6.07) is 8.75. The third kappa shape index (κ3) is 6.58. The molecular formula is C24H41NO5SSi. The van der Waals surface area contributed by atoms with Gasteiger partial charge in [-0.3, -0.25) is 4.79 Å². The fraction of sp³-hybridized carbons (Fsp3) is 0.708. The molecule has 2 atom stereocenters. The highest BCUT2D eigenvalue weighted by Crippen LogP contribution is 2.41. The molecule has 1 N–H and O–H groups in total. The van der Waals surface area contributed by atoms with Gasteiger partial charge in [-0.2, -0.15) is 0 Å². The van der Waals surface area contributed by atoms with Gasteiger partial charge in [0, 0.05) is 26.0 Å². The Kier molecular flexibility index (Phi) is 9.03. The average Bonchev–Trinajstić information content (AvgIpc) is 2.61. The van der Waals surface area contributed by atoms with Crippen molar-refractivity contribution in [3.05, 3.63) is 35.4 Å². The highest BCUT2D eigenvalue weighted by Gasteiger charge is 2.54. The van der Waals surface area contributed by atoms with E-state index in [4.69, 9.17) is 9.47 Å².